The Balaban J connectivity index is 2.84. The summed E-state index contributed by atoms with van der Waals surface area (Å²) in [6.07, 6.45) is -1.33. The third-order valence-corrected chi connectivity index (χ3v) is 3.18. The molecule has 0 bridgehead atoms. The highest BCUT2D eigenvalue weighted by Gasteiger charge is 2.24. The lowest BCUT2D eigenvalue weighted by molar-refractivity contribution is -0.158. The van der Waals surface area contributed by atoms with Crippen LogP contribution < -0.4 is 0 Å². The first-order chi connectivity index (χ1) is 9.31. The first kappa shape index (κ1) is 16.7. The monoisotopic (exact) mass is 280 g/mol. The SMILES string of the molecule is CC(C)Cc1ccc(C(OC(C)C(C)O)C(=O)O)cc1. The number of rotatable bonds is 7. The quantitative estimate of drug-likeness (QED) is 0.806. The fraction of sp³-hybridized carbons (Fsp3) is 0.562. The largest absolute Gasteiger partial charge is 0.479 e. The molecule has 4 nitrogen and oxygen atoms in total. The van der Waals surface area contributed by atoms with E-state index in [-0.39, 0.29) is 0 Å². The summed E-state index contributed by atoms with van der Waals surface area (Å²) in [5.74, 6) is -0.489. The standard InChI is InChI=1S/C16H24O4/c1-10(2)9-13-5-7-14(8-6-13)15(16(18)19)20-12(4)11(3)17/h5-8,10-12,15,17H,9H2,1-4H3,(H,18,19). The van der Waals surface area contributed by atoms with Gasteiger partial charge >= 0.3 is 5.97 Å². The van der Waals surface area contributed by atoms with Crippen LogP contribution in [0.3, 0.4) is 0 Å². The molecule has 20 heavy (non-hydrogen) atoms. The Kier molecular flexibility index (Phi) is 6.17. The van der Waals surface area contributed by atoms with Crippen LogP contribution in [0.15, 0.2) is 24.3 Å². The first-order valence-corrected chi connectivity index (χ1v) is 6.96. The van der Waals surface area contributed by atoms with Gasteiger partial charge in [-0.3, -0.25) is 0 Å². The summed E-state index contributed by atoms with van der Waals surface area (Å²) in [7, 11) is 0. The van der Waals surface area contributed by atoms with Gasteiger partial charge in [-0.1, -0.05) is 38.1 Å². The van der Waals surface area contributed by atoms with Crippen LogP contribution in [0.4, 0.5) is 0 Å². The number of aliphatic carboxylic acids is 1. The van der Waals surface area contributed by atoms with Gasteiger partial charge in [-0.15, -0.1) is 0 Å². The molecule has 4 heteroatoms. The number of carboxylic acids is 1. The fourth-order valence-corrected chi connectivity index (χ4v) is 1.91. The Morgan fingerprint density at radius 1 is 1.15 bits per heavy atom. The molecule has 0 spiro atoms. The van der Waals surface area contributed by atoms with Gasteiger partial charge in [0.25, 0.3) is 0 Å². The number of aliphatic hydroxyl groups excluding tert-OH is 1. The third kappa shape index (κ3) is 4.94. The van der Waals surface area contributed by atoms with Crippen molar-refractivity contribution < 1.29 is 19.7 Å². The molecule has 0 aliphatic carbocycles. The van der Waals surface area contributed by atoms with Crippen LogP contribution in [0.25, 0.3) is 0 Å². The molecule has 0 aliphatic heterocycles. The van der Waals surface area contributed by atoms with Gasteiger partial charge in [0, 0.05) is 0 Å². The lowest BCUT2D eigenvalue weighted by Gasteiger charge is -2.21. The second-order valence-corrected chi connectivity index (χ2v) is 5.64. The molecule has 0 heterocycles. The predicted octanol–water partition coefficient (Wildman–Crippen LogP) is 2.80. The molecule has 0 aromatic heterocycles. The highest BCUT2D eigenvalue weighted by molar-refractivity contribution is 5.74. The molecule has 1 aromatic carbocycles. The van der Waals surface area contributed by atoms with Crippen molar-refractivity contribution in [1.29, 1.82) is 0 Å². The summed E-state index contributed by atoms with van der Waals surface area (Å²) in [6, 6.07) is 7.43. The fourth-order valence-electron chi connectivity index (χ4n) is 1.91. The molecule has 0 saturated heterocycles. The summed E-state index contributed by atoms with van der Waals surface area (Å²) in [4.78, 5) is 11.3. The van der Waals surface area contributed by atoms with Crippen molar-refractivity contribution in [2.45, 2.75) is 52.4 Å². The van der Waals surface area contributed by atoms with Crippen LogP contribution in [-0.2, 0) is 16.0 Å². The van der Waals surface area contributed by atoms with Crippen molar-refractivity contribution in [3.05, 3.63) is 35.4 Å². The summed E-state index contributed by atoms with van der Waals surface area (Å²) >= 11 is 0. The molecule has 0 aliphatic rings. The van der Waals surface area contributed by atoms with Crippen molar-refractivity contribution in [3.63, 3.8) is 0 Å². The van der Waals surface area contributed by atoms with Crippen LogP contribution in [0, 0.1) is 5.92 Å². The van der Waals surface area contributed by atoms with E-state index in [9.17, 15) is 15.0 Å². The molecular weight excluding hydrogens is 256 g/mol. The zero-order valence-corrected chi connectivity index (χ0v) is 12.5. The molecule has 3 unspecified atom stereocenters. The van der Waals surface area contributed by atoms with Crippen LogP contribution in [0.5, 0.6) is 0 Å². The lowest BCUT2D eigenvalue weighted by Crippen LogP contribution is -2.28. The van der Waals surface area contributed by atoms with Crippen LogP contribution in [0.2, 0.25) is 0 Å². The number of hydrogen-bond acceptors (Lipinski definition) is 3. The number of ether oxygens (including phenoxy) is 1. The average molecular weight is 280 g/mol. The Hall–Kier alpha value is -1.39. The molecule has 0 saturated carbocycles. The van der Waals surface area contributed by atoms with Gasteiger partial charge in [0.2, 0.25) is 0 Å². The molecule has 1 aromatic rings. The van der Waals surface area contributed by atoms with Crippen molar-refractivity contribution in [2.75, 3.05) is 0 Å². The minimum absolute atomic E-state index is 0.536. The van der Waals surface area contributed by atoms with E-state index in [0.717, 1.165) is 6.42 Å². The second-order valence-electron chi connectivity index (χ2n) is 5.64. The van der Waals surface area contributed by atoms with E-state index in [0.29, 0.717) is 11.5 Å². The molecule has 2 N–H and O–H groups in total. The van der Waals surface area contributed by atoms with Crippen LogP contribution in [0.1, 0.15) is 44.9 Å². The molecule has 0 radical (unpaired) electrons. The molecule has 112 valence electrons. The average Bonchev–Trinajstić information content (AvgIpc) is 2.35. The highest BCUT2D eigenvalue weighted by Crippen LogP contribution is 2.22. The van der Waals surface area contributed by atoms with E-state index in [2.05, 4.69) is 13.8 Å². The zero-order valence-electron chi connectivity index (χ0n) is 12.5. The highest BCUT2D eigenvalue weighted by atomic mass is 16.5. The Morgan fingerprint density at radius 3 is 2.10 bits per heavy atom. The van der Waals surface area contributed by atoms with Crippen molar-refractivity contribution in [3.8, 4) is 0 Å². The second kappa shape index (κ2) is 7.41. The van der Waals surface area contributed by atoms with Gasteiger partial charge < -0.3 is 14.9 Å². The number of carboxylic acid groups (broad SMARTS) is 1. The van der Waals surface area contributed by atoms with Gasteiger partial charge in [-0.25, -0.2) is 4.79 Å². The number of hydrogen-bond donors (Lipinski definition) is 2. The third-order valence-electron chi connectivity index (χ3n) is 3.18. The smallest absolute Gasteiger partial charge is 0.337 e. The number of aliphatic hydroxyl groups is 1. The van der Waals surface area contributed by atoms with Gasteiger partial charge in [-0.05, 0) is 37.3 Å². The summed E-state index contributed by atoms with van der Waals surface area (Å²) in [6.45, 7) is 7.52. The first-order valence-electron chi connectivity index (χ1n) is 6.96. The summed E-state index contributed by atoms with van der Waals surface area (Å²) in [5, 5.41) is 18.7. The molecule has 1 rings (SSSR count). The van der Waals surface area contributed by atoms with E-state index in [4.69, 9.17) is 4.74 Å². The number of benzene rings is 1. The molecule has 0 fully saturated rings. The van der Waals surface area contributed by atoms with Gasteiger partial charge in [0.1, 0.15) is 0 Å². The van der Waals surface area contributed by atoms with Gasteiger partial charge in [0.05, 0.1) is 12.2 Å². The summed E-state index contributed by atoms with van der Waals surface area (Å²) < 4.78 is 5.43. The van der Waals surface area contributed by atoms with E-state index in [1.165, 1.54) is 5.56 Å². The van der Waals surface area contributed by atoms with Crippen LogP contribution in [-0.4, -0.2) is 28.4 Å². The maximum atomic E-state index is 11.3. The van der Waals surface area contributed by atoms with Crippen molar-refractivity contribution in [2.24, 2.45) is 5.92 Å². The Bertz CT molecular complexity index is 423. The van der Waals surface area contributed by atoms with Gasteiger partial charge in [0.15, 0.2) is 6.10 Å². The minimum Gasteiger partial charge on any atom is -0.479 e. The van der Waals surface area contributed by atoms with Crippen LogP contribution >= 0.6 is 0 Å². The Labute approximate surface area is 120 Å². The normalized spacial score (nSPS) is 15.9. The molecule has 3 atom stereocenters. The topological polar surface area (TPSA) is 66.8 Å². The van der Waals surface area contributed by atoms with Crippen molar-refractivity contribution in [1.82, 2.24) is 0 Å². The maximum Gasteiger partial charge on any atom is 0.337 e. The Morgan fingerprint density at radius 2 is 1.70 bits per heavy atom. The van der Waals surface area contributed by atoms with Crippen molar-refractivity contribution >= 4 is 5.97 Å². The number of carbonyl (C=O) groups is 1. The zero-order chi connectivity index (χ0) is 15.3. The predicted molar refractivity (Wildman–Crippen MR) is 77.6 cm³/mol. The molecular formula is C16H24O4. The van der Waals surface area contributed by atoms with Gasteiger partial charge in [-0.2, -0.15) is 0 Å². The molecule has 0 amide bonds. The van der Waals surface area contributed by atoms with E-state index >= 15 is 0 Å². The summed E-state index contributed by atoms with van der Waals surface area (Å²) in [5.41, 5.74) is 1.77. The minimum atomic E-state index is -1.05. The maximum absolute atomic E-state index is 11.3. The van der Waals surface area contributed by atoms with E-state index in [1.807, 2.05) is 12.1 Å². The van der Waals surface area contributed by atoms with E-state index < -0.39 is 24.3 Å². The van der Waals surface area contributed by atoms with E-state index in [1.54, 1.807) is 26.0 Å². The lowest BCUT2D eigenvalue weighted by atomic mass is 10.00.